The van der Waals surface area contributed by atoms with Gasteiger partial charge in [0.05, 0.1) is 11.1 Å². The Morgan fingerprint density at radius 1 is 1.00 bits per heavy atom. The predicted molar refractivity (Wildman–Crippen MR) is 99.4 cm³/mol. The van der Waals surface area contributed by atoms with E-state index in [1.54, 1.807) is 7.05 Å². The van der Waals surface area contributed by atoms with Gasteiger partial charge in [0, 0.05) is 24.2 Å². The van der Waals surface area contributed by atoms with Crippen molar-refractivity contribution in [2.45, 2.75) is 13.3 Å². The summed E-state index contributed by atoms with van der Waals surface area (Å²) in [5.41, 5.74) is 1.71. The summed E-state index contributed by atoms with van der Waals surface area (Å²) in [4.78, 5) is 1.53. The Morgan fingerprint density at radius 3 is 2.46 bits per heavy atom. The Morgan fingerprint density at radius 2 is 1.73 bits per heavy atom. The number of aryl methyl sites for hydroxylation is 1. The van der Waals surface area contributed by atoms with Gasteiger partial charge in [0.25, 0.3) is 0 Å². The Bertz CT molecular complexity index is 985. The van der Waals surface area contributed by atoms with Gasteiger partial charge in [-0.25, -0.2) is 13.2 Å². The summed E-state index contributed by atoms with van der Waals surface area (Å²) in [6, 6.07) is 12.1. The summed E-state index contributed by atoms with van der Waals surface area (Å²) in [7, 11) is 1.66. The number of fused-ring (bicyclic) bond motifs is 1. The molecule has 0 saturated carbocycles. The van der Waals surface area contributed by atoms with Crippen LogP contribution in [0.5, 0.6) is 0 Å². The molecule has 0 aliphatic heterocycles. The molecule has 6 heteroatoms. The summed E-state index contributed by atoms with van der Waals surface area (Å²) < 4.78 is 42.2. The van der Waals surface area contributed by atoms with Crippen molar-refractivity contribution in [3.63, 3.8) is 0 Å². The number of guanidine groups is 1. The Kier molecular flexibility index (Phi) is 4.84. The smallest absolute Gasteiger partial charge is 0.199 e. The number of hydrogen-bond acceptors (Lipinski definition) is 1. The van der Waals surface area contributed by atoms with Crippen molar-refractivity contribution in [3.8, 4) is 0 Å². The minimum atomic E-state index is -0.975. The van der Waals surface area contributed by atoms with Crippen molar-refractivity contribution in [1.29, 1.82) is 5.41 Å². The molecule has 0 radical (unpaired) electrons. The summed E-state index contributed by atoms with van der Waals surface area (Å²) >= 11 is 0. The van der Waals surface area contributed by atoms with Gasteiger partial charge in [0.1, 0.15) is 17.5 Å². The van der Waals surface area contributed by atoms with Crippen molar-refractivity contribution in [2.75, 3.05) is 17.3 Å². The molecule has 0 fully saturated rings. The molecule has 0 aromatic heterocycles. The summed E-state index contributed by atoms with van der Waals surface area (Å²) in [6.45, 7) is 2.03. The number of hydrogen-bond donors (Lipinski definition) is 2. The average Bonchev–Trinajstić information content (AvgIpc) is 2.64. The molecule has 3 nitrogen and oxygen atoms in total. The van der Waals surface area contributed by atoms with Gasteiger partial charge in [0.2, 0.25) is 0 Å². The topological polar surface area (TPSA) is 39.1 Å². The lowest BCUT2D eigenvalue weighted by Crippen LogP contribution is -2.32. The van der Waals surface area contributed by atoms with E-state index in [9.17, 15) is 13.2 Å². The number of nitrogens with zero attached hydrogens (tertiary/aromatic N) is 1. The first-order valence-corrected chi connectivity index (χ1v) is 8.16. The lowest BCUT2D eigenvalue weighted by molar-refractivity contribution is 0.583. The summed E-state index contributed by atoms with van der Waals surface area (Å²) in [5.74, 6) is -2.76. The standard InChI is InChI=1S/C20H18F3N3/c1-3-12-6-4-7-13(10-12)26(2)20(24)25-19-14-8-5-9-15(21)18(14)16(22)11-17(19)23/h4-11H,3H2,1-2H3,(H2,24,25). The second kappa shape index (κ2) is 7.07. The third-order valence-corrected chi connectivity index (χ3v) is 4.30. The van der Waals surface area contributed by atoms with Crippen LogP contribution in [-0.2, 0) is 6.42 Å². The molecular formula is C20H18F3N3. The van der Waals surface area contributed by atoms with Crippen molar-refractivity contribution < 1.29 is 13.2 Å². The van der Waals surface area contributed by atoms with Gasteiger partial charge in [-0.2, -0.15) is 0 Å². The van der Waals surface area contributed by atoms with Crippen LogP contribution in [0.1, 0.15) is 12.5 Å². The molecule has 0 aliphatic carbocycles. The first-order valence-electron chi connectivity index (χ1n) is 8.16. The normalized spacial score (nSPS) is 10.8. The van der Waals surface area contributed by atoms with Gasteiger partial charge >= 0.3 is 0 Å². The lowest BCUT2D eigenvalue weighted by atomic mass is 10.1. The van der Waals surface area contributed by atoms with Crippen molar-refractivity contribution in [1.82, 2.24) is 0 Å². The second-order valence-electron chi connectivity index (χ2n) is 5.93. The zero-order valence-electron chi connectivity index (χ0n) is 14.4. The van der Waals surface area contributed by atoms with Crippen LogP contribution in [0, 0.1) is 22.9 Å². The van der Waals surface area contributed by atoms with Crippen LogP contribution < -0.4 is 10.2 Å². The Labute approximate surface area is 149 Å². The molecule has 0 saturated heterocycles. The van der Waals surface area contributed by atoms with E-state index >= 15 is 0 Å². The first kappa shape index (κ1) is 17.8. The average molecular weight is 357 g/mol. The third-order valence-electron chi connectivity index (χ3n) is 4.30. The molecule has 3 aromatic rings. The molecule has 0 atom stereocenters. The molecule has 134 valence electrons. The van der Waals surface area contributed by atoms with E-state index in [-0.39, 0.29) is 22.4 Å². The maximum atomic E-state index is 14.3. The number of anilines is 2. The molecule has 0 heterocycles. The fraction of sp³-hybridized carbons (Fsp3) is 0.150. The fourth-order valence-electron chi connectivity index (χ4n) is 2.80. The maximum absolute atomic E-state index is 14.3. The Balaban J connectivity index is 1.98. The highest BCUT2D eigenvalue weighted by molar-refractivity contribution is 6.08. The van der Waals surface area contributed by atoms with Gasteiger partial charge in [-0.3, -0.25) is 5.41 Å². The van der Waals surface area contributed by atoms with Gasteiger partial charge < -0.3 is 10.2 Å². The highest BCUT2D eigenvalue weighted by atomic mass is 19.1. The maximum Gasteiger partial charge on any atom is 0.199 e. The minimum Gasteiger partial charge on any atom is -0.323 e. The molecule has 3 rings (SSSR count). The molecule has 0 amide bonds. The summed E-state index contributed by atoms with van der Waals surface area (Å²) in [5, 5.41) is 10.6. The van der Waals surface area contributed by atoms with Crippen LogP contribution in [0.25, 0.3) is 10.8 Å². The third kappa shape index (κ3) is 3.22. The van der Waals surface area contributed by atoms with Crippen LogP contribution in [-0.4, -0.2) is 13.0 Å². The Hall–Kier alpha value is -3.02. The van der Waals surface area contributed by atoms with E-state index in [0.29, 0.717) is 6.07 Å². The number of benzene rings is 3. The SMILES string of the molecule is CCc1cccc(N(C)C(=N)Nc2c(F)cc(F)c3c(F)cccc23)c1. The second-order valence-corrected chi connectivity index (χ2v) is 5.93. The van der Waals surface area contributed by atoms with Crippen molar-refractivity contribution in [3.05, 3.63) is 71.5 Å². The van der Waals surface area contributed by atoms with Crippen LogP contribution in [0.3, 0.4) is 0 Å². The van der Waals surface area contributed by atoms with E-state index in [1.165, 1.54) is 17.0 Å². The van der Waals surface area contributed by atoms with Crippen molar-refractivity contribution in [2.24, 2.45) is 0 Å². The molecule has 0 bridgehead atoms. The number of rotatable bonds is 3. The molecule has 0 aliphatic rings. The predicted octanol–water partition coefficient (Wildman–Crippen LogP) is 5.30. The molecular weight excluding hydrogens is 339 g/mol. The molecule has 0 unspecified atom stereocenters. The lowest BCUT2D eigenvalue weighted by Gasteiger charge is -2.22. The molecule has 3 aromatic carbocycles. The van der Waals surface area contributed by atoms with E-state index < -0.39 is 17.5 Å². The van der Waals surface area contributed by atoms with E-state index in [1.807, 2.05) is 31.2 Å². The van der Waals surface area contributed by atoms with Gasteiger partial charge in [-0.05, 0) is 30.2 Å². The number of halogens is 3. The van der Waals surface area contributed by atoms with Gasteiger partial charge in [-0.1, -0.05) is 31.2 Å². The monoisotopic (exact) mass is 357 g/mol. The van der Waals surface area contributed by atoms with Crippen LogP contribution >= 0.6 is 0 Å². The van der Waals surface area contributed by atoms with Gasteiger partial charge in [0.15, 0.2) is 5.96 Å². The zero-order chi connectivity index (χ0) is 18.8. The highest BCUT2D eigenvalue weighted by Gasteiger charge is 2.18. The fourth-order valence-corrected chi connectivity index (χ4v) is 2.80. The highest BCUT2D eigenvalue weighted by Crippen LogP contribution is 2.31. The molecule has 26 heavy (non-hydrogen) atoms. The molecule has 2 N–H and O–H groups in total. The van der Waals surface area contributed by atoms with E-state index in [4.69, 9.17) is 5.41 Å². The quantitative estimate of drug-likeness (QED) is 0.493. The summed E-state index contributed by atoms with van der Waals surface area (Å²) in [6.07, 6.45) is 0.846. The van der Waals surface area contributed by atoms with Crippen LogP contribution in [0.4, 0.5) is 24.5 Å². The first-order chi connectivity index (χ1) is 12.4. The van der Waals surface area contributed by atoms with Gasteiger partial charge in [-0.15, -0.1) is 0 Å². The largest absolute Gasteiger partial charge is 0.323 e. The van der Waals surface area contributed by atoms with Crippen LogP contribution in [0.15, 0.2) is 48.5 Å². The molecule has 0 spiro atoms. The van der Waals surface area contributed by atoms with E-state index in [0.717, 1.165) is 23.7 Å². The number of nitrogens with one attached hydrogen (secondary N) is 2. The minimum absolute atomic E-state index is 0.0444. The van der Waals surface area contributed by atoms with Crippen LogP contribution in [0.2, 0.25) is 0 Å². The van der Waals surface area contributed by atoms with Crippen molar-refractivity contribution >= 4 is 28.1 Å². The zero-order valence-corrected chi connectivity index (χ0v) is 14.4. The van der Waals surface area contributed by atoms with E-state index in [2.05, 4.69) is 5.32 Å².